The first-order chi connectivity index (χ1) is 36.2. The van der Waals surface area contributed by atoms with Gasteiger partial charge in [-0.1, -0.05) is 221 Å². The number of fused-ring (bicyclic) bond motifs is 5. The van der Waals surface area contributed by atoms with Crippen molar-refractivity contribution in [2.45, 2.75) is 168 Å². The van der Waals surface area contributed by atoms with Crippen molar-refractivity contribution in [3.05, 3.63) is 235 Å². The van der Waals surface area contributed by atoms with E-state index in [2.05, 4.69) is 256 Å². The lowest BCUT2D eigenvalue weighted by atomic mass is 9.97. The predicted octanol–water partition coefficient (Wildman–Crippen LogP) is 21.4. The molecule has 10 aromatic carbocycles. The molecule has 0 aromatic heterocycles. The van der Waals surface area contributed by atoms with Gasteiger partial charge in [0.2, 0.25) is 0 Å². The zero-order valence-corrected chi connectivity index (χ0v) is 49.0. The molecule has 0 saturated carbocycles. The van der Waals surface area contributed by atoms with Crippen molar-refractivity contribution in [3.63, 3.8) is 0 Å². The summed E-state index contributed by atoms with van der Waals surface area (Å²) in [6.45, 7) is 33.1. The number of hydrogen-bond donors (Lipinski definition) is 0. The minimum atomic E-state index is 1.12. The number of hydrogen-bond acceptors (Lipinski definition) is 0. The highest BCUT2D eigenvalue weighted by atomic mass is 14.1. The first kappa shape index (κ1) is 57.8. The maximum absolute atomic E-state index is 2.34. The van der Waals surface area contributed by atoms with Crippen molar-refractivity contribution >= 4 is 53.9 Å². The van der Waals surface area contributed by atoms with Gasteiger partial charge >= 0.3 is 0 Å². The van der Waals surface area contributed by atoms with E-state index in [0.29, 0.717) is 0 Å². The Morgan fingerprint density at radius 3 is 1.04 bits per heavy atom. The predicted molar refractivity (Wildman–Crippen MR) is 337 cm³/mol. The fourth-order valence-corrected chi connectivity index (χ4v) is 10.6. The van der Waals surface area contributed by atoms with E-state index in [1.54, 1.807) is 0 Å². The molecule has 0 fully saturated rings. The lowest BCUT2D eigenvalue weighted by Crippen LogP contribution is -1.89. The van der Waals surface area contributed by atoms with E-state index in [9.17, 15) is 0 Å². The SMILES string of the molecule is CCc1cc(C)c2cc(CC)ccc2c1.CCc1ccc2c(C)c(CC)ccc2c1.CCc1ccc2c(C)cc(CC)cc2c1.CCc1ccc2cc(C)c(CC)cc2c1.CCc1ccc2cc(CC)c(C)cc2c1. The normalized spacial score (nSPS) is 10.9. The summed E-state index contributed by atoms with van der Waals surface area (Å²) in [4.78, 5) is 0. The Morgan fingerprint density at radius 1 is 0.200 bits per heavy atom. The van der Waals surface area contributed by atoms with Crippen LogP contribution in [0.15, 0.2) is 152 Å². The van der Waals surface area contributed by atoms with Gasteiger partial charge in [-0.3, -0.25) is 0 Å². The molecule has 0 aliphatic heterocycles. The molecule has 10 aromatic rings. The quantitative estimate of drug-likeness (QED) is 0.128. The van der Waals surface area contributed by atoms with Crippen molar-refractivity contribution < 1.29 is 0 Å². The van der Waals surface area contributed by atoms with Crippen LogP contribution in [-0.2, 0) is 64.2 Å². The molecule has 0 heteroatoms. The molecule has 10 rings (SSSR count). The van der Waals surface area contributed by atoms with E-state index < -0.39 is 0 Å². The first-order valence-electron chi connectivity index (χ1n) is 28.8. The lowest BCUT2D eigenvalue weighted by molar-refractivity contribution is 1.11. The van der Waals surface area contributed by atoms with E-state index in [1.165, 1.54) is 137 Å². The topological polar surface area (TPSA) is 0 Å². The molecule has 0 amide bonds. The van der Waals surface area contributed by atoms with Crippen molar-refractivity contribution in [1.29, 1.82) is 0 Å². The Kier molecular flexibility index (Phi) is 21.5. The average molecular weight is 992 g/mol. The summed E-state index contributed by atoms with van der Waals surface area (Å²) in [6.07, 6.45) is 11.2. The highest BCUT2D eigenvalue weighted by Gasteiger charge is 2.06. The molecular weight excluding hydrogens is 901 g/mol. The summed E-state index contributed by atoms with van der Waals surface area (Å²) in [5.41, 5.74) is 21.5. The van der Waals surface area contributed by atoms with E-state index in [0.717, 1.165) is 64.2 Å². The van der Waals surface area contributed by atoms with Gasteiger partial charge in [0.05, 0.1) is 0 Å². The van der Waals surface area contributed by atoms with Crippen LogP contribution in [0.4, 0.5) is 0 Å². The van der Waals surface area contributed by atoms with Gasteiger partial charge in [0.25, 0.3) is 0 Å². The maximum Gasteiger partial charge on any atom is -0.0152 e. The van der Waals surface area contributed by atoms with Crippen molar-refractivity contribution in [2.75, 3.05) is 0 Å². The van der Waals surface area contributed by atoms with Crippen LogP contribution in [-0.4, -0.2) is 0 Å². The van der Waals surface area contributed by atoms with Crippen LogP contribution in [0.25, 0.3) is 53.9 Å². The smallest absolute Gasteiger partial charge is 0.0152 e. The van der Waals surface area contributed by atoms with Gasteiger partial charge in [0.1, 0.15) is 0 Å². The van der Waals surface area contributed by atoms with Crippen molar-refractivity contribution in [1.82, 2.24) is 0 Å². The number of benzene rings is 10. The van der Waals surface area contributed by atoms with Gasteiger partial charge in [-0.2, -0.15) is 0 Å². The second kappa shape index (κ2) is 27.9. The summed E-state index contributed by atoms with van der Waals surface area (Å²) in [5.74, 6) is 0. The van der Waals surface area contributed by atoms with Gasteiger partial charge < -0.3 is 0 Å². The van der Waals surface area contributed by atoms with Crippen LogP contribution < -0.4 is 0 Å². The Bertz CT molecular complexity index is 3450. The van der Waals surface area contributed by atoms with Crippen LogP contribution in [0.1, 0.15) is 153 Å². The summed E-state index contributed by atoms with van der Waals surface area (Å²) < 4.78 is 0. The molecule has 0 N–H and O–H groups in total. The molecule has 0 unspecified atom stereocenters. The van der Waals surface area contributed by atoms with Gasteiger partial charge in [-0.05, 0) is 236 Å². The van der Waals surface area contributed by atoms with Gasteiger partial charge in [-0.25, -0.2) is 0 Å². The summed E-state index contributed by atoms with van der Waals surface area (Å²) in [6, 6.07) is 57.0. The second-order valence-corrected chi connectivity index (χ2v) is 20.8. The molecule has 0 aliphatic carbocycles. The Balaban J connectivity index is 0.000000152. The monoisotopic (exact) mass is 991 g/mol. The zero-order valence-electron chi connectivity index (χ0n) is 49.0. The standard InChI is InChI=1S/5C15H18/c1-4-12-6-9-15-11(3)13(5-2)7-8-14(15)10-12;1-4-12-6-7-14-9-13(5-2)8-11(3)15(14)10-12;1-4-12-6-7-14-10-13(5-2)11(3)8-15(14)9-12;1-4-12-6-7-14-8-11(3)13(5-2)10-15(14)9-12;1-4-12-6-7-15-11(3)8-13(5-2)10-14(15)9-12/h5*6-10H,4-5H2,1-3H3. The van der Waals surface area contributed by atoms with Gasteiger partial charge in [-0.15, -0.1) is 0 Å². The molecule has 0 heterocycles. The minimum absolute atomic E-state index is 1.12. The van der Waals surface area contributed by atoms with Gasteiger partial charge in [0, 0.05) is 0 Å². The molecule has 0 radical (unpaired) electrons. The van der Waals surface area contributed by atoms with E-state index >= 15 is 0 Å². The second-order valence-electron chi connectivity index (χ2n) is 20.8. The van der Waals surface area contributed by atoms with Crippen molar-refractivity contribution in [3.8, 4) is 0 Å². The highest BCUT2D eigenvalue weighted by Crippen LogP contribution is 2.27. The van der Waals surface area contributed by atoms with Crippen LogP contribution >= 0.6 is 0 Å². The van der Waals surface area contributed by atoms with Crippen molar-refractivity contribution in [2.24, 2.45) is 0 Å². The molecule has 390 valence electrons. The Morgan fingerprint density at radius 2 is 0.533 bits per heavy atom. The average Bonchev–Trinajstić information content (AvgIpc) is 3.44. The summed E-state index contributed by atoms with van der Waals surface area (Å²) >= 11 is 0. The molecule has 0 bridgehead atoms. The van der Waals surface area contributed by atoms with E-state index in [-0.39, 0.29) is 0 Å². The fraction of sp³-hybridized carbons (Fsp3) is 0.333. The van der Waals surface area contributed by atoms with Crippen LogP contribution in [0.3, 0.4) is 0 Å². The molecule has 0 saturated heterocycles. The van der Waals surface area contributed by atoms with Crippen LogP contribution in [0.5, 0.6) is 0 Å². The van der Waals surface area contributed by atoms with E-state index in [4.69, 9.17) is 0 Å². The molecule has 0 atom stereocenters. The number of aryl methyl sites for hydroxylation is 15. The minimum Gasteiger partial charge on any atom is -0.0613 e. The summed E-state index contributed by atoms with van der Waals surface area (Å²) in [5, 5.41) is 13.9. The third kappa shape index (κ3) is 14.9. The lowest BCUT2D eigenvalue weighted by Gasteiger charge is -2.08. The first-order valence-corrected chi connectivity index (χ1v) is 28.8. The zero-order chi connectivity index (χ0) is 54.2. The third-order valence-corrected chi connectivity index (χ3v) is 15.8. The highest BCUT2D eigenvalue weighted by molar-refractivity contribution is 5.89. The van der Waals surface area contributed by atoms with Crippen LogP contribution in [0, 0.1) is 34.6 Å². The van der Waals surface area contributed by atoms with Crippen LogP contribution in [0.2, 0.25) is 0 Å². The molecule has 0 spiro atoms. The van der Waals surface area contributed by atoms with E-state index in [1.807, 2.05) is 0 Å². The fourth-order valence-electron chi connectivity index (χ4n) is 10.6. The molecular formula is C75H90. The summed E-state index contributed by atoms with van der Waals surface area (Å²) in [7, 11) is 0. The Hall–Kier alpha value is -6.50. The molecule has 0 nitrogen and oxygen atoms in total. The third-order valence-electron chi connectivity index (χ3n) is 15.8. The molecule has 0 aliphatic rings. The Labute approximate surface area is 454 Å². The van der Waals surface area contributed by atoms with Gasteiger partial charge in [0.15, 0.2) is 0 Å². The maximum atomic E-state index is 2.34. The molecule has 75 heavy (non-hydrogen) atoms. The number of rotatable bonds is 10. The largest absolute Gasteiger partial charge is 0.0613 e.